The third-order valence-electron chi connectivity index (χ3n) is 7.75. The summed E-state index contributed by atoms with van der Waals surface area (Å²) in [5.74, 6) is 0. The van der Waals surface area contributed by atoms with Crippen molar-refractivity contribution in [2.75, 3.05) is 26.3 Å². The van der Waals surface area contributed by atoms with E-state index in [1.165, 1.54) is 154 Å². The molecular formula is C34H69NO2. The van der Waals surface area contributed by atoms with Gasteiger partial charge in [0, 0.05) is 26.3 Å². The van der Waals surface area contributed by atoms with Crippen molar-refractivity contribution in [2.24, 2.45) is 0 Å². The van der Waals surface area contributed by atoms with E-state index in [0.29, 0.717) is 0 Å². The lowest BCUT2D eigenvalue weighted by molar-refractivity contribution is 0.236. The average molecular weight is 524 g/mol. The van der Waals surface area contributed by atoms with Crippen LogP contribution >= 0.6 is 0 Å². The number of hydrogen-bond donors (Lipinski definition) is 2. The number of aliphatic hydroxyl groups is 2. The van der Waals surface area contributed by atoms with Gasteiger partial charge in [0.15, 0.2) is 0 Å². The number of rotatable bonds is 32. The van der Waals surface area contributed by atoms with Crippen LogP contribution in [0.25, 0.3) is 0 Å². The first-order valence-electron chi connectivity index (χ1n) is 17.0. The molecule has 0 aromatic carbocycles. The zero-order chi connectivity index (χ0) is 26.9. The molecule has 0 bridgehead atoms. The number of aliphatic hydroxyl groups excluding tert-OH is 2. The summed E-state index contributed by atoms with van der Waals surface area (Å²) in [5.41, 5.74) is 0. The summed E-state index contributed by atoms with van der Waals surface area (Å²) in [5, 5.41) is 18.0. The highest BCUT2D eigenvalue weighted by Gasteiger charge is 1.99. The molecule has 0 aromatic heterocycles. The van der Waals surface area contributed by atoms with E-state index in [1.807, 2.05) is 0 Å². The van der Waals surface area contributed by atoms with Crippen molar-refractivity contribution >= 4 is 0 Å². The molecule has 0 aliphatic heterocycles. The first kappa shape index (κ1) is 36.5. The van der Waals surface area contributed by atoms with E-state index in [9.17, 15) is 0 Å². The predicted octanol–water partition coefficient (Wildman–Crippen LogP) is 10.3. The molecule has 0 radical (unpaired) electrons. The van der Waals surface area contributed by atoms with Crippen molar-refractivity contribution < 1.29 is 10.2 Å². The molecule has 222 valence electrons. The number of nitrogens with zero attached hydrogens (tertiary/aromatic N) is 1. The van der Waals surface area contributed by atoms with Crippen LogP contribution < -0.4 is 0 Å². The fraction of sp³-hybridized carbons (Fsp3) is 0.941. The largest absolute Gasteiger partial charge is 0.396 e. The summed E-state index contributed by atoms with van der Waals surface area (Å²) in [4.78, 5) is 2.23. The minimum Gasteiger partial charge on any atom is -0.396 e. The van der Waals surface area contributed by atoms with Gasteiger partial charge in [-0.2, -0.15) is 0 Å². The summed E-state index contributed by atoms with van der Waals surface area (Å²) in [6.45, 7) is 4.54. The Morgan fingerprint density at radius 2 is 0.703 bits per heavy atom. The predicted molar refractivity (Wildman–Crippen MR) is 165 cm³/mol. The van der Waals surface area contributed by atoms with Gasteiger partial charge in [-0.05, 0) is 31.9 Å². The van der Waals surface area contributed by atoms with Crippen LogP contribution in [-0.4, -0.2) is 41.4 Å². The van der Waals surface area contributed by atoms with E-state index in [0.717, 1.165) is 32.4 Å². The molecule has 0 fully saturated rings. The Labute approximate surface area is 233 Å². The van der Waals surface area contributed by atoms with Crippen LogP contribution in [0.3, 0.4) is 0 Å². The molecule has 0 atom stereocenters. The van der Waals surface area contributed by atoms with Crippen molar-refractivity contribution in [1.82, 2.24) is 4.90 Å². The number of hydrogen-bond acceptors (Lipinski definition) is 3. The van der Waals surface area contributed by atoms with E-state index in [2.05, 4.69) is 24.1 Å². The summed E-state index contributed by atoms with van der Waals surface area (Å²) in [6.07, 6.45) is 41.7. The van der Waals surface area contributed by atoms with Crippen LogP contribution in [0.4, 0.5) is 0 Å². The van der Waals surface area contributed by atoms with Gasteiger partial charge in [0.2, 0.25) is 0 Å². The Bertz CT molecular complexity index is 418. The lowest BCUT2D eigenvalue weighted by Crippen LogP contribution is -2.21. The molecule has 0 saturated heterocycles. The quantitative estimate of drug-likeness (QED) is 0.0862. The molecule has 0 saturated carbocycles. The molecular weight excluding hydrogens is 454 g/mol. The fourth-order valence-corrected chi connectivity index (χ4v) is 5.26. The van der Waals surface area contributed by atoms with E-state index in [4.69, 9.17) is 10.2 Å². The summed E-state index contributed by atoms with van der Waals surface area (Å²) in [7, 11) is 0. The van der Waals surface area contributed by atoms with Gasteiger partial charge in [-0.15, -0.1) is 0 Å². The molecule has 0 spiro atoms. The molecule has 0 rings (SSSR count). The van der Waals surface area contributed by atoms with E-state index >= 15 is 0 Å². The van der Waals surface area contributed by atoms with Gasteiger partial charge < -0.3 is 15.1 Å². The van der Waals surface area contributed by atoms with Crippen LogP contribution in [0.5, 0.6) is 0 Å². The molecule has 0 aliphatic rings. The van der Waals surface area contributed by atoms with Crippen molar-refractivity contribution in [3.8, 4) is 0 Å². The number of allylic oxidation sites excluding steroid dienone is 1. The third-order valence-corrected chi connectivity index (χ3v) is 7.75. The molecule has 37 heavy (non-hydrogen) atoms. The minimum atomic E-state index is 0.239. The second kappa shape index (κ2) is 33.5. The Hall–Kier alpha value is -0.540. The second-order valence-electron chi connectivity index (χ2n) is 11.5. The highest BCUT2D eigenvalue weighted by molar-refractivity contribution is 4.82. The molecule has 0 amide bonds. The van der Waals surface area contributed by atoms with Crippen molar-refractivity contribution in [3.63, 3.8) is 0 Å². The smallest absolute Gasteiger partial charge is 0.0447 e. The van der Waals surface area contributed by atoms with Crippen LogP contribution in [0.15, 0.2) is 12.3 Å². The maximum Gasteiger partial charge on any atom is 0.0447 e. The molecule has 3 heteroatoms. The van der Waals surface area contributed by atoms with Gasteiger partial charge in [-0.3, -0.25) is 0 Å². The molecule has 0 unspecified atom stereocenters. The van der Waals surface area contributed by atoms with Crippen molar-refractivity contribution in [2.45, 2.75) is 180 Å². The first-order chi connectivity index (χ1) is 18.3. The van der Waals surface area contributed by atoms with Gasteiger partial charge >= 0.3 is 0 Å². The summed E-state index contributed by atoms with van der Waals surface area (Å²) < 4.78 is 0. The summed E-state index contributed by atoms with van der Waals surface area (Å²) in [6, 6.07) is 0. The monoisotopic (exact) mass is 524 g/mol. The highest BCUT2D eigenvalue weighted by Crippen LogP contribution is 2.16. The first-order valence-corrected chi connectivity index (χ1v) is 17.0. The maximum atomic E-state index is 9.01. The van der Waals surface area contributed by atoms with E-state index in [1.54, 1.807) is 0 Å². The summed E-state index contributed by atoms with van der Waals surface area (Å²) >= 11 is 0. The van der Waals surface area contributed by atoms with Gasteiger partial charge in [0.25, 0.3) is 0 Å². The van der Waals surface area contributed by atoms with Crippen LogP contribution in [0, 0.1) is 0 Å². The molecule has 3 nitrogen and oxygen atoms in total. The Morgan fingerprint density at radius 3 is 1.00 bits per heavy atom. The van der Waals surface area contributed by atoms with Gasteiger partial charge in [0.1, 0.15) is 0 Å². The standard InChI is InChI=1S/C34H69NO2/c1-2-3-4-5-6-7-8-9-10-11-12-13-14-15-16-17-18-19-20-21-22-23-24-25-26-27-30-35(31-28-33-36)32-29-34-37/h27,30,36-37H,2-26,28-29,31-34H2,1H3. The van der Waals surface area contributed by atoms with Gasteiger partial charge in [0.05, 0.1) is 0 Å². The molecule has 2 N–H and O–H groups in total. The zero-order valence-corrected chi connectivity index (χ0v) is 25.4. The van der Waals surface area contributed by atoms with Crippen molar-refractivity contribution in [1.29, 1.82) is 0 Å². The third kappa shape index (κ3) is 31.6. The lowest BCUT2D eigenvalue weighted by atomic mass is 10.0. The molecule has 0 aliphatic carbocycles. The minimum absolute atomic E-state index is 0.239. The SMILES string of the molecule is CCCCCCCCCCCCCCCCCCCCCCCCCCC=CN(CCCO)CCCO. The van der Waals surface area contributed by atoms with Crippen LogP contribution in [-0.2, 0) is 0 Å². The lowest BCUT2D eigenvalue weighted by Gasteiger charge is -2.19. The highest BCUT2D eigenvalue weighted by atomic mass is 16.3. The Kier molecular flexibility index (Phi) is 33.0. The second-order valence-corrected chi connectivity index (χ2v) is 11.5. The van der Waals surface area contributed by atoms with Crippen LogP contribution in [0.2, 0.25) is 0 Å². The Morgan fingerprint density at radius 1 is 0.405 bits per heavy atom. The van der Waals surface area contributed by atoms with Crippen LogP contribution in [0.1, 0.15) is 180 Å². The zero-order valence-electron chi connectivity index (χ0n) is 25.4. The van der Waals surface area contributed by atoms with Crippen molar-refractivity contribution in [3.05, 3.63) is 12.3 Å². The van der Waals surface area contributed by atoms with E-state index < -0.39 is 0 Å². The molecule has 0 aromatic rings. The topological polar surface area (TPSA) is 43.7 Å². The maximum absolute atomic E-state index is 9.01. The number of unbranched alkanes of at least 4 members (excludes halogenated alkanes) is 24. The van der Waals surface area contributed by atoms with Gasteiger partial charge in [-0.25, -0.2) is 0 Å². The Balaban J connectivity index is 3.22. The normalized spacial score (nSPS) is 11.6. The fourth-order valence-electron chi connectivity index (χ4n) is 5.26. The molecule has 0 heterocycles. The van der Waals surface area contributed by atoms with Gasteiger partial charge in [-0.1, -0.05) is 161 Å². The van der Waals surface area contributed by atoms with E-state index in [-0.39, 0.29) is 13.2 Å². The average Bonchev–Trinajstić information content (AvgIpc) is 2.91.